The molecule has 1 saturated heterocycles. The number of carbonyl (C=O) groups excluding carboxylic acids is 1. The molecule has 0 bridgehead atoms. The first-order valence-electron chi connectivity index (χ1n) is 8.61. The Bertz CT molecular complexity index is 934. The molecule has 136 valence electrons. The van der Waals surface area contributed by atoms with Crippen LogP contribution in [0.4, 0.5) is 17.5 Å². The highest BCUT2D eigenvalue weighted by molar-refractivity contribution is 7.17. The van der Waals surface area contributed by atoms with E-state index in [0.29, 0.717) is 12.5 Å². The van der Waals surface area contributed by atoms with Gasteiger partial charge in [0, 0.05) is 39.3 Å². The monoisotopic (exact) mass is 371 g/mol. The molecule has 0 aliphatic carbocycles. The van der Waals surface area contributed by atoms with Crippen LogP contribution in [0, 0.1) is 0 Å². The molecule has 1 amide bonds. The van der Waals surface area contributed by atoms with Crippen LogP contribution in [0.25, 0.3) is 10.2 Å². The Kier molecular flexibility index (Phi) is 4.46. The van der Waals surface area contributed by atoms with Crippen LogP contribution in [-0.2, 0) is 11.8 Å². The van der Waals surface area contributed by atoms with Gasteiger partial charge in [-0.05, 0) is 24.3 Å². The molecule has 9 heteroatoms. The summed E-state index contributed by atoms with van der Waals surface area (Å²) in [6.45, 7) is 3.16. The fourth-order valence-electron chi connectivity index (χ4n) is 3.21. The van der Waals surface area contributed by atoms with Crippen LogP contribution in [-0.4, -0.2) is 49.7 Å². The minimum atomic E-state index is 0.124. The lowest BCUT2D eigenvalue weighted by molar-refractivity contribution is -0.129. The smallest absolute Gasteiger partial charge is 0.229 e. The number of carbonyl (C=O) groups is 1. The quantitative estimate of drug-likeness (QED) is 0.733. The number of amides is 1. The predicted octanol–water partition coefficient (Wildman–Crippen LogP) is 2.59. The van der Waals surface area contributed by atoms with Gasteiger partial charge in [-0.1, -0.05) is 0 Å². The summed E-state index contributed by atoms with van der Waals surface area (Å²) < 4.78 is 2.75. The Morgan fingerprint density at radius 3 is 3.04 bits per heavy atom. The van der Waals surface area contributed by atoms with Crippen molar-refractivity contribution in [1.82, 2.24) is 24.6 Å². The third-order valence-electron chi connectivity index (χ3n) is 4.47. The molecule has 0 aromatic carbocycles. The molecule has 0 unspecified atom stereocenters. The number of fused-ring (bicyclic) bond motifs is 1. The highest BCUT2D eigenvalue weighted by atomic mass is 32.1. The zero-order valence-electron chi connectivity index (χ0n) is 14.8. The van der Waals surface area contributed by atoms with E-state index in [-0.39, 0.29) is 11.9 Å². The highest BCUT2D eigenvalue weighted by Gasteiger charge is 2.23. The van der Waals surface area contributed by atoms with Gasteiger partial charge in [-0.25, -0.2) is 4.98 Å². The van der Waals surface area contributed by atoms with Crippen LogP contribution in [0.1, 0.15) is 19.8 Å². The van der Waals surface area contributed by atoms with Gasteiger partial charge in [0.05, 0.1) is 22.1 Å². The number of hydrogen-bond acceptors (Lipinski definition) is 7. The van der Waals surface area contributed by atoms with Crippen LogP contribution < -0.4 is 10.6 Å². The summed E-state index contributed by atoms with van der Waals surface area (Å²) in [5, 5.41) is 12.9. The average Bonchev–Trinajstić information content (AvgIpc) is 3.24. The van der Waals surface area contributed by atoms with Crippen molar-refractivity contribution in [2.24, 2.45) is 7.05 Å². The maximum Gasteiger partial charge on any atom is 0.229 e. The van der Waals surface area contributed by atoms with Gasteiger partial charge in [-0.15, -0.1) is 11.3 Å². The van der Waals surface area contributed by atoms with E-state index in [0.717, 1.165) is 41.1 Å². The number of likely N-dealkylation sites (tertiary alicyclic amines) is 1. The number of piperidine rings is 1. The second kappa shape index (κ2) is 6.91. The fourth-order valence-corrected chi connectivity index (χ4v) is 3.99. The van der Waals surface area contributed by atoms with Crippen LogP contribution in [0.2, 0.25) is 0 Å². The first-order chi connectivity index (χ1) is 12.6. The van der Waals surface area contributed by atoms with E-state index in [2.05, 4.69) is 25.7 Å². The lowest BCUT2D eigenvalue weighted by atomic mass is 10.1. The van der Waals surface area contributed by atoms with Gasteiger partial charge in [0.15, 0.2) is 0 Å². The van der Waals surface area contributed by atoms with Crippen molar-refractivity contribution in [3.8, 4) is 0 Å². The molecule has 1 aliphatic heterocycles. The summed E-state index contributed by atoms with van der Waals surface area (Å²) in [4.78, 5) is 22.8. The standard InChI is InChI=1S/C17H21N7OS/c1-11(25)24-6-3-4-12(10-24)19-16-15-14(5-7-26-15)21-17(22-16)20-13-8-18-23(2)9-13/h5,7-9,12H,3-4,6,10H2,1-2H3,(H2,19,20,21,22)/t12-/m1/s1. The van der Waals surface area contributed by atoms with Gasteiger partial charge in [0.25, 0.3) is 0 Å². The van der Waals surface area contributed by atoms with Crippen molar-refractivity contribution in [3.05, 3.63) is 23.8 Å². The second-order valence-electron chi connectivity index (χ2n) is 6.51. The molecule has 1 atom stereocenters. The van der Waals surface area contributed by atoms with E-state index in [1.165, 1.54) is 0 Å². The lowest BCUT2D eigenvalue weighted by Gasteiger charge is -2.32. The molecule has 1 aliphatic rings. The molecule has 26 heavy (non-hydrogen) atoms. The molecule has 0 saturated carbocycles. The number of rotatable bonds is 4. The average molecular weight is 371 g/mol. The summed E-state index contributed by atoms with van der Waals surface area (Å²) in [7, 11) is 1.87. The predicted molar refractivity (Wildman–Crippen MR) is 103 cm³/mol. The molecule has 0 spiro atoms. The number of anilines is 3. The number of aromatic nitrogens is 4. The van der Waals surface area contributed by atoms with Crippen molar-refractivity contribution >= 4 is 44.9 Å². The summed E-state index contributed by atoms with van der Waals surface area (Å²) >= 11 is 1.62. The Morgan fingerprint density at radius 2 is 2.27 bits per heavy atom. The third-order valence-corrected chi connectivity index (χ3v) is 5.38. The number of nitrogens with zero attached hydrogens (tertiary/aromatic N) is 5. The Balaban J connectivity index is 1.59. The van der Waals surface area contributed by atoms with E-state index < -0.39 is 0 Å². The van der Waals surface area contributed by atoms with Crippen LogP contribution in [0.15, 0.2) is 23.8 Å². The highest BCUT2D eigenvalue weighted by Crippen LogP contribution is 2.29. The van der Waals surface area contributed by atoms with Gasteiger partial charge in [0.2, 0.25) is 11.9 Å². The molecule has 3 aromatic rings. The number of thiophene rings is 1. The Labute approximate surface area is 155 Å². The summed E-state index contributed by atoms with van der Waals surface area (Å²) in [6.07, 6.45) is 5.63. The van der Waals surface area contributed by atoms with Gasteiger partial charge in [-0.3, -0.25) is 9.48 Å². The third kappa shape index (κ3) is 3.48. The normalized spacial score (nSPS) is 17.5. The zero-order valence-corrected chi connectivity index (χ0v) is 15.6. The molecule has 1 fully saturated rings. The van der Waals surface area contributed by atoms with Gasteiger partial charge in [0.1, 0.15) is 5.82 Å². The maximum atomic E-state index is 11.7. The van der Waals surface area contributed by atoms with Gasteiger partial charge in [-0.2, -0.15) is 10.1 Å². The molecule has 0 radical (unpaired) electrons. The van der Waals surface area contributed by atoms with E-state index >= 15 is 0 Å². The minimum Gasteiger partial charge on any atom is -0.364 e. The maximum absolute atomic E-state index is 11.7. The van der Waals surface area contributed by atoms with Crippen molar-refractivity contribution in [1.29, 1.82) is 0 Å². The molecular weight excluding hydrogens is 350 g/mol. The molecule has 3 aromatic heterocycles. The zero-order chi connectivity index (χ0) is 18.1. The molecule has 4 rings (SSSR count). The van der Waals surface area contributed by atoms with Gasteiger partial charge < -0.3 is 15.5 Å². The molecule has 8 nitrogen and oxygen atoms in total. The topological polar surface area (TPSA) is 88.0 Å². The largest absolute Gasteiger partial charge is 0.364 e. The fraction of sp³-hybridized carbons (Fsp3) is 0.412. The number of hydrogen-bond donors (Lipinski definition) is 2. The van der Waals surface area contributed by atoms with E-state index in [1.807, 2.05) is 29.6 Å². The van der Waals surface area contributed by atoms with Crippen molar-refractivity contribution in [3.63, 3.8) is 0 Å². The molecule has 4 heterocycles. The van der Waals surface area contributed by atoms with Crippen LogP contribution >= 0.6 is 11.3 Å². The van der Waals surface area contributed by atoms with Crippen molar-refractivity contribution in [2.75, 3.05) is 23.7 Å². The van der Waals surface area contributed by atoms with E-state index in [1.54, 1.807) is 29.1 Å². The van der Waals surface area contributed by atoms with Crippen molar-refractivity contribution in [2.45, 2.75) is 25.8 Å². The SMILES string of the molecule is CC(=O)N1CCC[C@@H](Nc2nc(Nc3cnn(C)c3)nc3ccsc23)C1. The number of aryl methyl sites for hydroxylation is 1. The molecular formula is C17H21N7OS. The molecule has 2 N–H and O–H groups in total. The minimum absolute atomic E-state index is 0.124. The first kappa shape index (κ1) is 16.8. The van der Waals surface area contributed by atoms with E-state index in [4.69, 9.17) is 0 Å². The first-order valence-corrected chi connectivity index (χ1v) is 9.49. The lowest BCUT2D eigenvalue weighted by Crippen LogP contribution is -2.44. The summed E-state index contributed by atoms with van der Waals surface area (Å²) in [5.74, 6) is 1.47. The van der Waals surface area contributed by atoms with Crippen molar-refractivity contribution < 1.29 is 4.79 Å². The Morgan fingerprint density at radius 1 is 1.38 bits per heavy atom. The van der Waals surface area contributed by atoms with Gasteiger partial charge >= 0.3 is 0 Å². The Hall–Kier alpha value is -2.68. The van der Waals surface area contributed by atoms with Crippen LogP contribution in [0.5, 0.6) is 0 Å². The summed E-state index contributed by atoms with van der Waals surface area (Å²) in [6, 6.07) is 2.18. The van der Waals surface area contributed by atoms with Crippen LogP contribution in [0.3, 0.4) is 0 Å². The second-order valence-corrected chi connectivity index (χ2v) is 7.42. The van der Waals surface area contributed by atoms with E-state index in [9.17, 15) is 4.79 Å². The summed E-state index contributed by atoms with van der Waals surface area (Å²) in [5.41, 5.74) is 1.74. The number of nitrogens with one attached hydrogen (secondary N) is 2.